The number of carbonyl (C=O) groups excluding carboxylic acids is 2. The van der Waals surface area contributed by atoms with Crippen molar-refractivity contribution in [1.82, 2.24) is 0 Å². The molecule has 38 heavy (non-hydrogen) atoms. The Kier molecular flexibility index (Phi) is 10.9. The van der Waals surface area contributed by atoms with Gasteiger partial charge in [-0.15, -0.1) is 0 Å². The summed E-state index contributed by atoms with van der Waals surface area (Å²) in [5.74, 6) is 2.97. The van der Waals surface area contributed by atoms with Crippen LogP contribution in [0.15, 0.2) is 48.5 Å². The highest BCUT2D eigenvalue weighted by Crippen LogP contribution is 2.40. The molecule has 0 aromatic heterocycles. The number of carbonyl (C=O) groups is 2. The Morgan fingerprint density at radius 1 is 0.605 bits per heavy atom. The van der Waals surface area contributed by atoms with E-state index in [4.69, 9.17) is 34.2 Å². The van der Waals surface area contributed by atoms with Gasteiger partial charge in [-0.2, -0.15) is 0 Å². The van der Waals surface area contributed by atoms with Gasteiger partial charge in [0, 0.05) is 41.2 Å². The molecule has 0 bridgehead atoms. The predicted octanol–water partition coefficient (Wildman–Crippen LogP) is 4.85. The quantitative estimate of drug-likeness (QED) is 0.263. The molecule has 3 aromatic carbocycles. The molecule has 4 N–H and O–H groups in total. The van der Waals surface area contributed by atoms with Crippen molar-refractivity contribution in [3.05, 3.63) is 54.1 Å². The number of amides is 2. The van der Waals surface area contributed by atoms with Crippen molar-refractivity contribution in [2.45, 2.75) is 6.92 Å². The highest BCUT2D eigenvalue weighted by molar-refractivity contribution is 6.00. The predicted molar refractivity (Wildman–Crippen MR) is 146 cm³/mol. The van der Waals surface area contributed by atoms with Gasteiger partial charge >= 0.3 is 6.03 Å². The molecule has 0 aliphatic rings. The number of anilines is 3. The van der Waals surface area contributed by atoms with Gasteiger partial charge in [0.15, 0.2) is 28.8 Å². The Labute approximate surface area is 221 Å². The van der Waals surface area contributed by atoms with Crippen LogP contribution in [0.2, 0.25) is 0 Å². The normalized spacial score (nSPS) is 9.76. The molecule has 11 heteroatoms. The minimum absolute atomic E-state index is 0.0339. The summed E-state index contributed by atoms with van der Waals surface area (Å²) in [5, 5.41) is 5.38. The monoisotopic (exact) mass is 527 g/mol. The van der Waals surface area contributed by atoms with E-state index in [2.05, 4.69) is 10.6 Å². The molecule has 0 saturated carbocycles. The number of Topliss-reactive ketones (excluding diaryl/α,β-unsaturated/α-hetero) is 1. The first kappa shape index (κ1) is 29.4. The summed E-state index contributed by atoms with van der Waals surface area (Å²) in [6.07, 6.45) is 0. The number of benzene rings is 3. The summed E-state index contributed by atoms with van der Waals surface area (Å²) >= 11 is 0. The molecule has 0 aliphatic heterocycles. The molecule has 0 saturated heterocycles. The van der Waals surface area contributed by atoms with Crippen LogP contribution in [0.3, 0.4) is 0 Å². The number of ether oxygens (including phenoxy) is 6. The van der Waals surface area contributed by atoms with E-state index in [1.54, 1.807) is 69.9 Å². The molecule has 204 valence electrons. The van der Waals surface area contributed by atoms with E-state index >= 15 is 0 Å². The van der Waals surface area contributed by atoms with Gasteiger partial charge in [0.1, 0.15) is 0 Å². The van der Waals surface area contributed by atoms with Gasteiger partial charge in [0.25, 0.3) is 0 Å². The molecule has 0 fully saturated rings. The Bertz CT molecular complexity index is 1200. The Morgan fingerprint density at radius 2 is 1.00 bits per heavy atom. The standard InChI is InChI=1S/C18H20N2O5.C9H13NO3/c1-11(21)12-5-7-13(8-6-12)19-18(22)20-14-9-15(23-2)17(25-4)16(10-14)24-3;1-11-7-4-6(10)5-8(12-2)9(7)13-3/h5-10H,1-4H3,(H2,19,20,22);4-5H,10H2,1-3H3. The fourth-order valence-electron chi connectivity index (χ4n) is 3.34. The van der Waals surface area contributed by atoms with Crippen LogP contribution in [0.5, 0.6) is 34.5 Å². The minimum Gasteiger partial charge on any atom is -0.493 e. The third-order valence-electron chi connectivity index (χ3n) is 5.16. The lowest BCUT2D eigenvalue weighted by Gasteiger charge is -2.15. The van der Waals surface area contributed by atoms with Gasteiger partial charge in [-0.05, 0) is 31.2 Å². The van der Waals surface area contributed by atoms with Crippen molar-refractivity contribution in [3.8, 4) is 34.5 Å². The molecule has 3 rings (SSSR count). The number of hydrogen-bond acceptors (Lipinski definition) is 9. The summed E-state index contributed by atoms with van der Waals surface area (Å²) in [5.41, 5.74) is 7.82. The number of nitrogens with one attached hydrogen (secondary N) is 2. The highest BCUT2D eigenvalue weighted by atomic mass is 16.5. The molecular weight excluding hydrogens is 494 g/mol. The summed E-state index contributed by atoms with van der Waals surface area (Å²) in [7, 11) is 9.16. The Hall–Kier alpha value is -4.80. The number of methoxy groups -OCH3 is 6. The third-order valence-corrected chi connectivity index (χ3v) is 5.16. The first-order valence-electron chi connectivity index (χ1n) is 11.3. The van der Waals surface area contributed by atoms with Gasteiger partial charge in [-0.3, -0.25) is 4.79 Å². The van der Waals surface area contributed by atoms with Gasteiger partial charge in [0.05, 0.1) is 48.3 Å². The molecule has 0 aliphatic carbocycles. The lowest BCUT2D eigenvalue weighted by molar-refractivity contribution is 0.101. The summed E-state index contributed by atoms with van der Waals surface area (Å²) in [6, 6.07) is 12.8. The average molecular weight is 528 g/mol. The zero-order chi connectivity index (χ0) is 28.2. The van der Waals surface area contributed by atoms with Crippen LogP contribution in [0.1, 0.15) is 17.3 Å². The second kappa shape index (κ2) is 14.1. The van der Waals surface area contributed by atoms with E-state index in [0.29, 0.717) is 57.1 Å². The van der Waals surface area contributed by atoms with Gasteiger partial charge in [-0.1, -0.05) is 0 Å². The van der Waals surface area contributed by atoms with Gasteiger partial charge in [0.2, 0.25) is 11.5 Å². The van der Waals surface area contributed by atoms with Crippen molar-refractivity contribution in [1.29, 1.82) is 0 Å². The summed E-state index contributed by atoms with van der Waals surface area (Å²) in [6.45, 7) is 1.49. The fraction of sp³-hybridized carbons (Fsp3) is 0.259. The van der Waals surface area contributed by atoms with Crippen LogP contribution in [0, 0.1) is 0 Å². The minimum atomic E-state index is -0.440. The molecule has 11 nitrogen and oxygen atoms in total. The second-order valence-corrected chi connectivity index (χ2v) is 7.59. The van der Waals surface area contributed by atoms with Crippen LogP contribution < -0.4 is 44.8 Å². The number of hydrogen-bond donors (Lipinski definition) is 3. The van der Waals surface area contributed by atoms with Crippen LogP contribution in [-0.4, -0.2) is 54.5 Å². The lowest BCUT2D eigenvalue weighted by atomic mass is 10.1. The van der Waals surface area contributed by atoms with Gasteiger partial charge < -0.3 is 44.8 Å². The van der Waals surface area contributed by atoms with Crippen LogP contribution >= 0.6 is 0 Å². The number of rotatable bonds is 9. The number of nitrogens with two attached hydrogens (primary N) is 1. The molecule has 2 amide bonds. The molecular formula is C27H33N3O8. The van der Waals surface area contributed by atoms with Crippen molar-refractivity contribution < 1.29 is 38.0 Å². The molecule has 0 atom stereocenters. The van der Waals surface area contributed by atoms with E-state index in [9.17, 15) is 9.59 Å². The van der Waals surface area contributed by atoms with E-state index in [0.717, 1.165) is 0 Å². The van der Waals surface area contributed by atoms with Crippen molar-refractivity contribution in [2.24, 2.45) is 0 Å². The Morgan fingerprint density at radius 3 is 1.37 bits per heavy atom. The van der Waals surface area contributed by atoms with E-state index in [1.165, 1.54) is 28.3 Å². The van der Waals surface area contributed by atoms with Crippen LogP contribution in [-0.2, 0) is 0 Å². The van der Waals surface area contributed by atoms with Crippen molar-refractivity contribution in [2.75, 3.05) is 59.0 Å². The average Bonchev–Trinajstić information content (AvgIpc) is 2.92. The first-order valence-corrected chi connectivity index (χ1v) is 11.3. The zero-order valence-electron chi connectivity index (χ0n) is 22.5. The largest absolute Gasteiger partial charge is 0.493 e. The maximum absolute atomic E-state index is 12.2. The molecule has 0 spiro atoms. The van der Waals surface area contributed by atoms with Crippen LogP contribution in [0.25, 0.3) is 0 Å². The number of urea groups is 1. The zero-order valence-corrected chi connectivity index (χ0v) is 22.5. The topological polar surface area (TPSA) is 140 Å². The Balaban J connectivity index is 0.000000328. The number of ketones is 1. The maximum atomic E-state index is 12.2. The van der Waals surface area contributed by atoms with E-state index < -0.39 is 6.03 Å². The maximum Gasteiger partial charge on any atom is 0.323 e. The smallest absolute Gasteiger partial charge is 0.323 e. The lowest BCUT2D eigenvalue weighted by Crippen LogP contribution is -2.19. The summed E-state index contributed by atoms with van der Waals surface area (Å²) < 4.78 is 31.0. The fourth-order valence-corrected chi connectivity index (χ4v) is 3.34. The van der Waals surface area contributed by atoms with Crippen LogP contribution in [0.4, 0.5) is 21.9 Å². The highest BCUT2D eigenvalue weighted by Gasteiger charge is 2.15. The van der Waals surface area contributed by atoms with E-state index in [-0.39, 0.29) is 5.78 Å². The molecule has 0 heterocycles. The second-order valence-electron chi connectivity index (χ2n) is 7.59. The van der Waals surface area contributed by atoms with Crippen molar-refractivity contribution >= 4 is 28.9 Å². The number of nitrogen functional groups attached to an aromatic ring is 1. The van der Waals surface area contributed by atoms with Gasteiger partial charge in [-0.25, -0.2) is 4.79 Å². The molecule has 3 aromatic rings. The van der Waals surface area contributed by atoms with Crippen molar-refractivity contribution in [3.63, 3.8) is 0 Å². The first-order chi connectivity index (χ1) is 18.2. The molecule has 0 radical (unpaired) electrons. The molecule has 0 unspecified atom stereocenters. The van der Waals surface area contributed by atoms with E-state index in [1.807, 2.05) is 0 Å². The third kappa shape index (κ3) is 7.60. The summed E-state index contributed by atoms with van der Waals surface area (Å²) in [4.78, 5) is 23.4. The SMILES string of the molecule is COc1cc(N)cc(OC)c1OC.COc1cc(NC(=O)Nc2ccc(C(C)=O)cc2)cc(OC)c1OC.